The SMILES string of the molecule is COC(=O)c1cc(C=C2N=C(c3cc(OC)cc(OC)c3)OC2=O)oc1C. The van der Waals surface area contributed by atoms with Crippen LogP contribution in [0.4, 0.5) is 0 Å². The molecule has 0 saturated carbocycles. The second-order valence-corrected chi connectivity index (χ2v) is 5.55. The van der Waals surface area contributed by atoms with Crippen LogP contribution in [0.3, 0.4) is 0 Å². The predicted molar refractivity (Wildman–Crippen MR) is 94.9 cm³/mol. The zero-order valence-corrected chi connectivity index (χ0v) is 15.2. The Morgan fingerprint density at radius 1 is 1.07 bits per heavy atom. The molecular weight excluding hydrogens is 354 g/mol. The summed E-state index contributed by atoms with van der Waals surface area (Å²) in [7, 11) is 4.31. The number of hydrogen-bond donors (Lipinski definition) is 0. The van der Waals surface area contributed by atoms with Crippen molar-refractivity contribution in [2.75, 3.05) is 21.3 Å². The summed E-state index contributed by atoms with van der Waals surface area (Å²) >= 11 is 0. The first-order valence-corrected chi connectivity index (χ1v) is 7.90. The molecule has 1 aromatic carbocycles. The number of aliphatic imine (C=N–C) groups is 1. The van der Waals surface area contributed by atoms with Crippen molar-refractivity contribution in [2.45, 2.75) is 6.92 Å². The highest BCUT2D eigenvalue weighted by Crippen LogP contribution is 2.27. The average molecular weight is 371 g/mol. The summed E-state index contributed by atoms with van der Waals surface area (Å²) in [4.78, 5) is 28.0. The van der Waals surface area contributed by atoms with Gasteiger partial charge in [0.1, 0.15) is 28.6 Å². The lowest BCUT2D eigenvalue weighted by atomic mass is 10.2. The molecule has 0 fully saturated rings. The maximum atomic E-state index is 12.2. The second-order valence-electron chi connectivity index (χ2n) is 5.55. The van der Waals surface area contributed by atoms with Crippen LogP contribution in [-0.2, 0) is 14.3 Å². The van der Waals surface area contributed by atoms with Crippen LogP contribution in [0, 0.1) is 6.92 Å². The standard InChI is InChI=1S/C19H17NO7/c1-10-15(18(21)25-4)8-14(26-10)9-16-19(22)27-17(20-16)11-5-12(23-2)7-13(6-11)24-3/h5-9H,1-4H3. The number of aryl methyl sites for hydroxylation is 1. The van der Waals surface area contributed by atoms with Crippen LogP contribution in [0.5, 0.6) is 11.5 Å². The van der Waals surface area contributed by atoms with Crippen LogP contribution in [0.25, 0.3) is 6.08 Å². The van der Waals surface area contributed by atoms with E-state index < -0.39 is 11.9 Å². The van der Waals surface area contributed by atoms with E-state index in [9.17, 15) is 9.59 Å². The molecule has 0 amide bonds. The van der Waals surface area contributed by atoms with E-state index in [1.165, 1.54) is 33.5 Å². The minimum atomic E-state index is -0.638. The molecule has 140 valence electrons. The summed E-state index contributed by atoms with van der Waals surface area (Å²) in [6.07, 6.45) is 1.40. The van der Waals surface area contributed by atoms with Crippen molar-refractivity contribution >= 4 is 23.9 Å². The van der Waals surface area contributed by atoms with E-state index in [2.05, 4.69) is 9.73 Å². The quantitative estimate of drug-likeness (QED) is 0.589. The maximum absolute atomic E-state index is 12.2. The number of furan rings is 1. The van der Waals surface area contributed by atoms with Crippen LogP contribution >= 0.6 is 0 Å². The molecule has 0 radical (unpaired) electrons. The summed E-state index contributed by atoms with van der Waals surface area (Å²) in [6, 6.07) is 6.51. The van der Waals surface area contributed by atoms with Crippen molar-refractivity contribution in [3.63, 3.8) is 0 Å². The van der Waals surface area contributed by atoms with E-state index in [0.29, 0.717) is 22.8 Å². The molecule has 0 atom stereocenters. The van der Waals surface area contributed by atoms with Crippen molar-refractivity contribution in [3.05, 3.63) is 52.6 Å². The molecule has 2 heterocycles. The van der Waals surface area contributed by atoms with Gasteiger partial charge in [-0.15, -0.1) is 0 Å². The van der Waals surface area contributed by atoms with E-state index in [4.69, 9.17) is 18.6 Å². The molecule has 8 heteroatoms. The normalized spacial score (nSPS) is 14.7. The molecule has 3 rings (SSSR count). The Balaban J connectivity index is 1.95. The van der Waals surface area contributed by atoms with Gasteiger partial charge in [-0.2, -0.15) is 0 Å². The number of carbonyl (C=O) groups is 2. The molecule has 8 nitrogen and oxygen atoms in total. The molecule has 27 heavy (non-hydrogen) atoms. The Morgan fingerprint density at radius 2 is 1.74 bits per heavy atom. The lowest BCUT2D eigenvalue weighted by Gasteiger charge is -2.07. The van der Waals surface area contributed by atoms with Crippen LogP contribution in [0.15, 0.2) is 39.4 Å². The van der Waals surface area contributed by atoms with E-state index in [1.807, 2.05) is 0 Å². The van der Waals surface area contributed by atoms with Crippen LogP contribution < -0.4 is 9.47 Å². The first-order chi connectivity index (χ1) is 12.9. The minimum absolute atomic E-state index is 0.0388. The molecule has 2 aromatic rings. The summed E-state index contributed by atoms with van der Waals surface area (Å²) in [5.41, 5.74) is 0.836. The van der Waals surface area contributed by atoms with Gasteiger partial charge >= 0.3 is 11.9 Å². The maximum Gasteiger partial charge on any atom is 0.363 e. The number of esters is 2. The van der Waals surface area contributed by atoms with Crippen LogP contribution in [0.2, 0.25) is 0 Å². The Labute approximate surface area is 155 Å². The third-order valence-electron chi connectivity index (χ3n) is 3.84. The second kappa shape index (κ2) is 7.36. The highest BCUT2D eigenvalue weighted by molar-refractivity contribution is 6.13. The first kappa shape index (κ1) is 18.2. The summed E-state index contributed by atoms with van der Waals surface area (Å²) in [5, 5.41) is 0. The van der Waals surface area contributed by atoms with Gasteiger partial charge in [-0.25, -0.2) is 14.6 Å². The molecule has 0 N–H and O–H groups in total. The number of ether oxygens (including phenoxy) is 4. The van der Waals surface area contributed by atoms with Gasteiger partial charge in [-0.1, -0.05) is 0 Å². The number of rotatable bonds is 5. The molecule has 1 aliphatic heterocycles. The van der Waals surface area contributed by atoms with Crippen LogP contribution in [0.1, 0.15) is 27.4 Å². The molecule has 0 spiro atoms. The number of methoxy groups -OCH3 is 3. The van der Waals surface area contributed by atoms with Crippen molar-refractivity contribution in [3.8, 4) is 11.5 Å². The van der Waals surface area contributed by atoms with Gasteiger partial charge in [0.2, 0.25) is 5.90 Å². The fourth-order valence-electron chi connectivity index (χ4n) is 2.49. The van der Waals surface area contributed by atoms with Gasteiger partial charge < -0.3 is 23.4 Å². The van der Waals surface area contributed by atoms with Gasteiger partial charge in [0.05, 0.1) is 21.3 Å². The Kier molecular flexibility index (Phi) is 4.98. The van der Waals surface area contributed by atoms with Crippen LogP contribution in [-0.4, -0.2) is 39.2 Å². The third-order valence-corrected chi connectivity index (χ3v) is 3.84. The Hall–Kier alpha value is -3.55. The van der Waals surface area contributed by atoms with Crippen molar-refractivity contribution in [1.82, 2.24) is 0 Å². The zero-order chi connectivity index (χ0) is 19.6. The van der Waals surface area contributed by atoms with E-state index in [0.717, 1.165) is 0 Å². The van der Waals surface area contributed by atoms with Crippen molar-refractivity contribution < 1.29 is 33.0 Å². The summed E-state index contributed by atoms with van der Waals surface area (Å²) in [6.45, 7) is 1.62. The third kappa shape index (κ3) is 3.69. The average Bonchev–Trinajstić information content (AvgIpc) is 3.23. The highest BCUT2D eigenvalue weighted by atomic mass is 16.6. The van der Waals surface area contributed by atoms with Gasteiger partial charge in [0.25, 0.3) is 0 Å². The number of benzene rings is 1. The number of hydrogen-bond acceptors (Lipinski definition) is 8. The predicted octanol–water partition coefficient (Wildman–Crippen LogP) is 2.74. The Morgan fingerprint density at radius 3 is 2.33 bits per heavy atom. The summed E-state index contributed by atoms with van der Waals surface area (Å²) in [5.74, 6) is 0.674. The van der Waals surface area contributed by atoms with Crippen molar-refractivity contribution in [2.24, 2.45) is 4.99 Å². The molecule has 0 saturated heterocycles. The van der Waals surface area contributed by atoms with Gasteiger partial charge in [-0.3, -0.25) is 0 Å². The first-order valence-electron chi connectivity index (χ1n) is 7.90. The smallest absolute Gasteiger partial charge is 0.363 e. The fourth-order valence-corrected chi connectivity index (χ4v) is 2.49. The van der Waals surface area contributed by atoms with E-state index >= 15 is 0 Å². The monoisotopic (exact) mass is 371 g/mol. The molecule has 1 aromatic heterocycles. The topological polar surface area (TPSA) is 96.6 Å². The number of cyclic esters (lactones) is 1. The molecular formula is C19H17NO7. The highest BCUT2D eigenvalue weighted by Gasteiger charge is 2.26. The summed E-state index contributed by atoms with van der Waals surface area (Å²) < 4.78 is 25.8. The lowest BCUT2D eigenvalue weighted by Crippen LogP contribution is -2.06. The molecule has 0 aliphatic carbocycles. The molecule has 0 bridgehead atoms. The van der Waals surface area contributed by atoms with E-state index in [-0.39, 0.29) is 22.9 Å². The molecule has 1 aliphatic rings. The Bertz CT molecular complexity index is 946. The lowest BCUT2D eigenvalue weighted by molar-refractivity contribution is -0.129. The van der Waals surface area contributed by atoms with Gasteiger partial charge in [0.15, 0.2) is 5.70 Å². The zero-order valence-electron chi connectivity index (χ0n) is 15.2. The largest absolute Gasteiger partial charge is 0.497 e. The van der Waals surface area contributed by atoms with Crippen molar-refractivity contribution in [1.29, 1.82) is 0 Å². The van der Waals surface area contributed by atoms with E-state index in [1.54, 1.807) is 25.1 Å². The fraction of sp³-hybridized carbons (Fsp3) is 0.211. The van der Waals surface area contributed by atoms with Gasteiger partial charge in [-0.05, 0) is 25.1 Å². The minimum Gasteiger partial charge on any atom is -0.497 e. The number of carbonyl (C=O) groups excluding carboxylic acids is 2. The molecule has 0 unspecified atom stereocenters. The van der Waals surface area contributed by atoms with Gasteiger partial charge in [0, 0.05) is 17.7 Å². The number of nitrogens with zero attached hydrogens (tertiary/aromatic N) is 1.